The smallest absolute Gasteiger partial charge is 0.259 e. The number of phenolic OH excluding ortho intramolecular Hbond substituents is 1. The number of benzene rings is 2. The lowest BCUT2D eigenvalue weighted by Crippen LogP contribution is -2.12. The molecule has 4 nitrogen and oxygen atoms in total. The third-order valence-corrected chi connectivity index (χ3v) is 3.03. The molecule has 0 bridgehead atoms. The van der Waals surface area contributed by atoms with Crippen molar-refractivity contribution >= 4 is 23.2 Å². The fourth-order valence-electron chi connectivity index (χ4n) is 1.71. The molecule has 106 valence electrons. The first kappa shape index (κ1) is 14.9. The molecule has 1 amide bonds. The summed E-state index contributed by atoms with van der Waals surface area (Å²) in [6.45, 7) is 0.252. The van der Waals surface area contributed by atoms with Crippen LogP contribution in [0, 0.1) is 11.8 Å². The quantitative estimate of drug-likeness (QED) is 0.746. The lowest BCUT2D eigenvalue weighted by molar-refractivity contribution is 0.102. The van der Waals surface area contributed by atoms with Crippen molar-refractivity contribution in [3.05, 3.63) is 58.6 Å². The molecule has 0 aliphatic heterocycles. The van der Waals surface area contributed by atoms with Crippen LogP contribution in [0.25, 0.3) is 0 Å². The second kappa shape index (κ2) is 6.80. The highest BCUT2D eigenvalue weighted by Gasteiger charge is 2.12. The predicted molar refractivity (Wildman–Crippen MR) is 83.4 cm³/mol. The summed E-state index contributed by atoms with van der Waals surface area (Å²) in [5.74, 6) is 5.05. The van der Waals surface area contributed by atoms with Crippen molar-refractivity contribution in [2.45, 2.75) is 0 Å². The first-order valence-corrected chi connectivity index (χ1v) is 6.57. The molecule has 0 spiro atoms. The zero-order valence-electron chi connectivity index (χ0n) is 11.1. The summed E-state index contributed by atoms with van der Waals surface area (Å²) in [4.78, 5) is 12.1. The summed E-state index contributed by atoms with van der Waals surface area (Å²) in [7, 11) is 0. The van der Waals surface area contributed by atoms with Crippen molar-refractivity contribution in [1.82, 2.24) is 0 Å². The fourth-order valence-corrected chi connectivity index (χ4v) is 1.87. The van der Waals surface area contributed by atoms with Gasteiger partial charge in [-0.15, -0.1) is 0 Å². The van der Waals surface area contributed by atoms with E-state index in [9.17, 15) is 9.90 Å². The molecule has 0 atom stereocenters. The highest BCUT2D eigenvalue weighted by molar-refractivity contribution is 6.34. The molecule has 0 unspecified atom stereocenters. The number of carbonyl (C=O) groups is 1. The molecule has 2 rings (SSSR count). The molecule has 0 aromatic heterocycles. The molecule has 0 fully saturated rings. The predicted octanol–water partition coefficient (Wildman–Crippen LogP) is 2.61. The standard InChI is InChI=1S/C16H13ClN2O2/c17-13-8-7-11(4-3-9-18)10-14(13)19-16(21)12-5-1-2-6-15(12)20/h1-2,5-8,10,20H,9,18H2,(H,19,21). The largest absolute Gasteiger partial charge is 0.507 e. The highest BCUT2D eigenvalue weighted by Crippen LogP contribution is 2.25. The van der Waals surface area contributed by atoms with E-state index in [2.05, 4.69) is 17.2 Å². The molecular formula is C16H13ClN2O2. The number of carbonyl (C=O) groups excluding carboxylic acids is 1. The number of hydrogen-bond donors (Lipinski definition) is 3. The Labute approximate surface area is 127 Å². The second-order valence-electron chi connectivity index (χ2n) is 4.17. The molecule has 21 heavy (non-hydrogen) atoms. The fraction of sp³-hybridized carbons (Fsp3) is 0.0625. The molecule has 5 heteroatoms. The van der Waals surface area contributed by atoms with E-state index in [4.69, 9.17) is 17.3 Å². The number of nitrogens with one attached hydrogen (secondary N) is 1. The topological polar surface area (TPSA) is 75.3 Å². The number of nitrogens with two attached hydrogens (primary N) is 1. The number of halogens is 1. The Morgan fingerprint density at radius 2 is 2.05 bits per heavy atom. The molecule has 2 aromatic carbocycles. The maximum Gasteiger partial charge on any atom is 0.259 e. The molecule has 4 N–H and O–H groups in total. The monoisotopic (exact) mass is 300 g/mol. The SMILES string of the molecule is NCC#Cc1ccc(Cl)c(NC(=O)c2ccccc2O)c1. The van der Waals surface area contributed by atoms with Gasteiger partial charge < -0.3 is 16.2 Å². The number of rotatable bonds is 2. The van der Waals surface area contributed by atoms with E-state index < -0.39 is 5.91 Å². The van der Waals surface area contributed by atoms with Crippen LogP contribution < -0.4 is 11.1 Å². The van der Waals surface area contributed by atoms with Crippen LogP contribution in [0.5, 0.6) is 5.75 Å². The zero-order valence-corrected chi connectivity index (χ0v) is 11.8. The van der Waals surface area contributed by atoms with E-state index in [1.807, 2.05) is 0 Å². The first-order valence-electron chi connectivity index (χ1n) is 6.19. The van der Waals surface area contributed by atoms with Gasteiger partial charge in [-0.1, -0.05) is 35.6 Å². The zero-order chi connectivity index (χ0) is 15.2. The number of amides is 1. The van der Waals surface area contributed by atoms with Crippen LogP contribution in [0.2, 0.25) is 5.02 Å². The number of aromatic hydroxyl groups is 1. The van der Waals surface area contributed by atoms with Gasteiger partial charge in [0, 0.05) is 5.56 Å². The summed E-state index contributed by atoms with van der Waals surface area (Å²) in [6.07, 6.45) is 0. The van der Waals surface area contributed by atoms with Crippen molar-refractivity contribution < 1.29 is 9.90 Å². The highest BCUT2D eigenvalue weighted by atomic mass is 35.5. The summed E-state index contributed by atoms with van der Waals surface area (Å²) in [5, 5.41) is 12.7. The van der Waals surface area contributed by atoms with Gasteiger partial charge in [0.1, 0.15) is 5.75 Å². The minimum Gasteiger partial charge on any atom is -0.507 e. The van der Waals surface area contributed by atoms with E-state index in [0.717, 1.165) is 0 Å². The molecule has 0 saturated heterocycles. The summed E-state index contributed by atoms with van der Waals surface area (Å²) in [6, 6.07) is 11.3. The first-order chi connectivity index (χ1) is 10.1. The Bertz CT molecular complexity index is 733. The third kappa shape index (κ3) is 3.76. The maximum absolute atomic E-state index is 12.1. The van der Waals surface area contributed by atoms with Gasteiger partial charge in [-0.3, -0.25) is 4.79 Å². The summed E-state index contributed by atoms with van der Waals surface area (Å²) in [5.41, 5.74) is 6.61. The van der Waals surface area contributed by atoms with Crippen molar-refractivity contribution in [2.75, 3.05) is 11.9 Å². The van der Waals surface area contributed by atoms with Gasteiger partial charge in [-0.25, -0.2) is 0 Å². The van der Waals surface area contributed by atoms with Crippen LogP contribution in [-0.4, -0.2) is 17.6 Å². The number of hydrogen-bond acceptors (Lipinski definition) is 3. The minimum absolute atomic E-state index is 0.0924. The molecule has 0 heterocycles. The van der Waals surface area contributed by atoms with Gasteiger partial charge in [0.15, 0.2) is 0 Å². The van der Waals surface area contributed by atoms with E-state index in [1.165, 1.54) is 12.1 Å². The van der Waals surface area contributed by atoms with Crippen molar-refractivity contribution in [3.8, 4) is 17.6 Å². The molecular weight excluding hydrogens is 288 g/mol. The van der Waals surface area contributed by atoms with Crippen LogP contribution in [0.4, 0.5) is 5.69 Å². The lowest BCUT2D eigenvalue weighted by atomic mass is 10.1. The van der Waals surface area contributed by atoms with E-state index >= 15 is 0 Å². The Balaban J connectivity index is 2.27. The number of para-hydroxylation sites is 1. The van der Waals surface area contributed by atoms with Crippen molar-refractivity contribution in [1.29, 1.82) is 0 Å². The Morgan fingerprint density at radius 3 is 2.76 bits per heavy atom. The van der Waals surface area contributed by atoms with E-state index in [1.54, 1.807) is 30.3 Å². The third-order valence-electron chi connectivity index (χ3n) is 2.70. The van der Waals surface area contributed by atoms with Crippen LogP contribution in [-0.2, 0) is 0 Å². The average molecular weight is 301 g/mol. The van der Waals surface area contributed by atoms with E-state index in [0.29, 0.717) is 16.3 Å². The van der Waals surface area contributed by atoms with Gasteiger partial charge in [-0.05, 0) is 30.3 Å². The number of phenols is 1. The summed E-state index contributed by atoms with van der Waals surface area (Å²) >= 11 is 6.05. The molecule has 0 radical (unpaired) electrons. The Morgan fingerprint density at radius 1 is 1.29 bits per heavy atom. The van der Waals surface area contributed by atoms with E-state index in [-0.39, 0.29) is 17.9 Å². The maximum atomic E-state index is 12.1. The van der Waals surface area contributed by atoms with Gasteiger partial charge in [0.25, 0.3) is 5.91 Å². The van der Waals surface area contributed by atoms with Crippen molar-refractivity contribution in [3.63, 3.8) is 0 Å². The second-order valence-corrected chi connectivity index (χ2v) is 4.58. The Kier molecular flexibility index (Phi) is 4.83. The molecule has 0 aliphatic carbocycles. The van der Waals surface area contributed by atoms with Crippen LogP contribution >= 0.6 is 11.6 Å². The summed E-state index contributed by atoms with van der Waals surface area (Å²) < 4.78 is 0. The number of anilines is 1. The molecule has 0 saturated carbocycles. The molecule has 2 aromatic rings. The normalized spacial score (nSPS) is 9.62. The van der Waals surface area contributed by atoms with Crippen LogP contribution in [0.15, 0.2) is 42.5 Å². The van der Waals surface area contributed by atoms with Crippen molar-refractivity contribution in [2.24, 2.45) is 5.73 Å². The average Bonchev–Trinajstić information content (AvgIpc) is 2.48. The molecule has 0 aliphatic rings. The Hall–Kier alpha value is -2.48. The van der Waals surface area contributed by atoms with Gasteiger partial charge in [0.05, 0.1) is 22.8 Å². The minimum atomic E-state index is -0.445. The van der Waals surface area contributed by atoms with Gasteiger partial charge in [-0.2, -0.15) is 0 Å². The van der Waals surface area contributed by atoms with Crippen LogP contribution in [0.3, 0.4) is 0 Å². The van der Waals surface area contributed by atoms with Crippen LogP contribution in [0.1, 0.15) is 15.9 Å². The van der Waals surface area contributed by atoms with Gasteiger partial charge >= 0.3 is 0 Å². The van der Waals surface area contributed by atoms with Gasteiger partial charge in [0.2, 0.25) is 0 Å². The lowest BCUT2D eigenvalue weighted by Gasteiger charge is -2.08.